The number of anilines is 1. The van der Waals surface area contributed by atoms with Crippen molar-refractivity contribution < 1.29 is 8.78 Å². The van der Waals surface area contributed by atoms with Crippen molar-refractivity contribution in [3.63, 3.8) is 0 Å². The van der Waals surface area contributed by atoms with Crippen LogP contribution in [0.1, 0.15) is 16.8 Å². The zero-order chi connectivity index (χ0) is 18.1. The van der Waals surface area contributed by atoms with E-state index in [-0.39, 0.29) is 0 Å². The highest BCUT2D eigenvalue weighted by molar-refractivity contribution is 5.58. The van der Waals surface area contributed by atoms with Crippen LogP contribution < -0.4 is 5.73 Å². The monoisotopic (exact) mass is 352 g/mol. The molecule has 0 spiro atoms. The van der Waals surface area contributed by atoms with Crippen molar-refractivity contribution in [2.24, 2.45) is 0 Å². The van der Waals surface area contributed by atoms with Crippen molar-refractivity contribution in [1.29, 1.82) is 0 Å². The van der Waals surface area contributed by atoms with Crippen LogP contribution in [-0.2, 0) is 19.5 Å². The van der Waals surface area contributed by atoms with Gasteiger partial charge < -0.3 is 5.73 Å². The number of hydrogen-bond acceptors (Lipinski definition) is 4. The van der Waals surface area contributed by atoms with Crippen molar-refractivity contribution in [2.75, 3.05) is 12.3 Å². The summed E-state index contributed by atoms with van der Waals surface area (Å²) in [5.74, 6) is -0.905. The smallest absolute Gasteiger partial charge is 0.163 e. The Morgan fingerprint density at radius 2 is 1.88 bits per heavy atom. The molecule has 0 bridgehead atoms. The van der Waals surface area contributed by atoms with E-state index >= 15 is 0 Å². The highest BCUT2D eigenvalue weighted by Gasteiger charge is 2.20. The first kappa shape index (κ1) is 16.6. The lowest BCUT2D eigenvalue weighted by Gasteiger charge is -2.28. The van der Waals surface area contributed by atoms with Crippen LogP contribution in [0, 0.1) is 11.6 Å². The molecule has 132 valence electrons. The Kier molecular flexibility index (Phi) is 4.34. The molecular weight excluding hydrogens is 334 g/mol. The fraction of sp³-hybridized carbons (Fsp3) is 0.200. The quantitative estimate of drug-likeness (QED) is 0.733. The molecule has 0 aliphatic carbocycles. The fourth-order valence-corrected chi connectivity index (χ4v) is 3.19. The molecule has 1 aliphatic rings. The summed E-state index contributed by atoms with van der Waals surface area (Å²) in [6.07, 6.45) is 2.57. The molecule has 0 unspecified atom stereocenters. The van der Waals surface area contributed by atoms with Crippen LogP contribution in [0.2, 0.25) is 0 Å². The normalized spacial score (nSPS) is 14.2. The van der Waals surface area contributed by atoms with Gasteiger partial charge in [0.2, 0.25) is 0 Å². The second-order valence-electron chi connectivity index (χ2n) is 6.46. The maximum absolute atomic E-state index is 13.9. The van der Waals surface area contributed by atoms with Crippen LogP contribution in [-0.4, -0.2) is 21.4 Å². The van der Waals surface area contributed by atoms with E-state index in [4.69, 9.17) is 5.73 Å². The first-order valence-corrected chi connectivity index (χ1v) is 8.46. The van der Waals surface area contributed by atoms with Gasteiger partial charge >= 0.3 is 0 Å². The van der Waals surface area contributed by atoms with Crippen LogP contribution in [0.4, 0.5) is 14.5 Å². The number of halogens is 2. The third kappa shape index (κ3) is 3.28. The summed E-state index contributed by atoms with van der Waals surface area (Å²) in [7, 11) is 0. The van der Waals surface area contributed by atoms with Crippen LogP contribution in [0.25, 0.3) is 11.4 Å². The lowest BCUT2D eigenvalue weighted by Crippen LogP contribution is -2.31. The van der Waals surface area contributed by atoms with Gasteiger partial charge in [-0.05, 0) is 30.3 Å². The van der Waals surface area contributed by atoms with Gasteiger partial charge in [0.1, 0.15) is 0 Å². The van der Waals surface area contributed by atoms with E-state index in [1.165, 1.54) is 6.07 Å². The Labute approximate surface area is 150 Å². The summed E-state index contributed by atoms with van der Waals surface area (Å²) in [6.45, 7) is 1.72. The van der Waals surface area contributed by atoms with Crippen molar-refractivity contribution in [3.05, 3.63) is 77.1 Å². The number of aromatic nitrogens is 2. The van der Waals surface area contributed by atoms with Crippen molar-refractivity contribution in [3.8, 4) is 11.4 Å². The predicted octanol–water partition coefficient (Wildman–Crippen LogP) is 3.56. The van der Waals surface area contributed by atoms with E-state index in [2.05, 4.69) is 14.9 Å². The Morgan fingerprint density at radius 3 is 2.69 bits per heavy atom. The number of fused-ring (bicyclic) bond motifs is 1. The number of nitrogen functional groups attached to an aromatic ring is 1. The molecule has 1 aromatic heterocycles. The molecule has 6 heteroatoms. The largest absolute Gasteiger partial charge is 0.399 e. The Hall–Kier alpha value is -2.86. The average Bonchev–Trinajstić information content (AvgIpc) is 2.66. The first-order valence-electron chi connectivity index (χ1n) is 8.46. The molecule has 0 atom stereocenters. The number of rotatable bonds is 3. The first-order chi connectivity index (χ1) is 12.6. The van der Waals surface area contributed by atoms with Gasteiger partial charge in [0, 0.05) is 54.6 Å². The molecule has 3 aromatic rings. The molecule has 2 heterocycles. The van der Waals surface area contributed by atoms with Gasteiger partial charge in [0.25, 0.3) is 0 Å². The standard InChI is InChI=1S/C20H18F2N4/c21-17-3-1-2-14(19(17)22)11-26-9-8-18-15(12-26)10-24-20(25-18)13-4-6-16(23)7-5-13/h1-7,10H,8-9,11-12,23H2. The molecule has 2 aromatic carbocycles. The van der Waals surface area contributed by atoms with E-state index in [1.807, 2.05) is 30.5 Å². The third-order valence-electron chi connectivity index (χ3n) is 4.61. The highest BCUT2D eigenvalue weighted by atomic mass is 19.2. The predicted molar refractivity (Wildman–Crippen MR) is 96.1 cm³/mol. The minimum atomic E-state index is -0.809. The second-order valence-corrected chi connectivity index (χ2v) is 6.46. The number of hydrogen-bond donors (Lipinski definition) is 1. The molecular formula is C20H18F2N4. The van der Waals surface area contributed by atoms with E-state index in [9.17, 15) is 8.78 Å². The Balaban J connectivity index is 1.52. The van der Waals surface area contributed by atoms with Gasteiger partial charge in [-0.3, -0.25) is 4.90 Å². The zero-order valence-corrected chi connectivity index (χ0v) is 14.1. The van der Waals surface area contributed by atoms with Gasteiger partial charge in [0.15, 0.2) is 17.5 Å². The Bertz CT molecular complexity index is 941. The minimum Gasteiger partial charge on any atom is -0.399 e. The molecule has 2 N–H and O–H groups in total. The Morgan fingerprint density at radius 1 is 1.08 bits per heavy atom. The summed E-state index contributed by atoms with van der Waals surface area (Å²) in [5, 5.41) is 0. The molecule has 0 radical (unpaired) electrons. The molecule has 4 nitrogen and oxygen atoms in total. The topological polar surface area (TPSA) is 55.0 Å². The van der Waals surface area contributed by atoms with Gasteiger partial charge in [-0.15, -0.1) is 0 Å². The SMILES string of the molecule is Nc1ccc(-c2ncc3c(n2)CCN(Cc2cccc(F)c2F)C3)cc1. The van der Waals surface area contributed by atoms with E-state index < -0.39 is 11.6 Å². The molecule has 0 fully saturated rings. The fourth-order valence-electron chi connectivity index (χ4n) is 3.19. The maximum atomic E-state index is 13.9. The minimum absolute atomic E-state index is 0.364. The lowest BCUT2D eigenvalue weighted by atomic mass is 10.1. The van der Waals surface area contributed by atoms with Gasteiger partial charge in [-0.2, -0.15) is 0 Å². The van der Waals surface area contributed by atoms with Gasteiger partial charge in [-0.25, -0.2) is 18.7 Å². The van der Waals surface area contributed by atoms with E-state index in [0.29, 0.717) is 30.2 Å². The summed E-state index contributed by atoms with van der Waals surface area (Å²) in [5.41, 5.74) is 9.73. The zero-order valence-electron chi connectivity index (χ0n) is 14.1. The lowest BCUT2D eigenvalue weighted by molar-refractivity contribution is 0.238. The summed E-state index contributed by atoms with van der Waals surface area (Å²) in [4.78, 5) is 11.2. The van der Waals surface area contributed by atoms with Gasteiger partial charge in [-0.1, -0.05) is 12.1 Å². The van der Waals surface area contributed by atoms with Crippen molar-refractivity contribution in [2.45, 2.75) is 19.5 Å². The van der Waals surface area contributed by atoms with E-state index in [0.717, 1.165) is 35.9 Å². The average molecular weight is 352 g/mol. The molecule has 4 rings (SSSR count). The van der Waals surface area contributed by atoms with Crippen LogP contribution in [0.5, 0.6) is 0 Å². The third-order valence-corrected chi connectivity index (χ3v) is 4.61. The second kappa shape index (κ2) is 6.80. The summed E-state index contributed by atoms with van der Waals surface area (Å²) < 4.78 is 27.3. The number of benzene rings is 2. The van der Waals surface area contributed by atoms with Crippen molar-refractivity contribution >= 4 is 5.69 Å². The van der Waals surface area contributed by atoms with E-state index in [1.54, 1.807) is 6.07 Å². The maximum Gasteiger partial charge on any atom is 0.163 e. The summed E-state index contributed by atoms with van der Waals surface area (Å²) in [6, 6.07) is 11.7. The summed E-state index contributed by atoms with van der Waals surface area (Å²) >= 11 is 0. The van der Waals surface area contributed by atoms with Crippen LogP contribution in [0.15, 0.2) is 48.7 Å². The highest BCUT2D eigenvalue weighted by Crippen LogP contribution is 2.23. The van der Waals surface area contributed by atoms with Crippen LogP contribution >= 0.6 is 0 Å². The molecule has 0 saturated heterocycles. The molecule has 1 aliphatic heterocycles. The molecule has 26 heavy (non-hydrogen) atoms. The van der Waals surface area contributed by atoms with Gasteiger partial charge in [0.05, 0.1) is 5.69 Å². The molecule has 0 amide bonds. The number of nitrogens with zero attached hydrogens (tertiary/aromatic N) is 3. The number of nitrogens with two attached hydrogens (primary N) is 1. The van der Waals surface area contributed by atoms with Crippen molar-refractivity contribution in [1.82, 2.24) is 14.9 Å². The molecule has 0 saturated carbocycles. The van der Waals surface area contributed by atoms with Crippen LogP contribution in [0.3, 0.4) is 0 Å².